The Hall–Kier alpha value is -0.160. The number of hydrogen-bond acceptors (Lipinski definition) is 4. The third kappa shape index (κ3) is 4.37. The molecule has 1 N–H and O–H groups in total. The smallest absolute Gasteiger partial charge is 0.0829 e. The van der Waals surface area contributed by atoms with Gasteiger partial charge in [0.05, 0.1) is 18.8 Å². The van der Waals surface area contributed by atoms with Gasteiger partial charge in [-0.1, -0.05) is 0 Å². The first-order chi connectivity index (χ1) is 6.58. The maximum atomic E-state index is 9.21. The first-order valence-corrected chi connectivity index (χ1v) is 5.24. The van der Waals surface area contributed by atoms with E-state index in [-0.39, 0.29) is 12.2 Å². The third-order valence-corrected chi connectivity index (χ3v) is 2.43. The van der Waals surface area contributed by atoms with Gasteiger partial charge in [0.15, 0.2) is 0 Å². The number of nitrogens with zero attached hydrogens (tertiary/aromatic N) is 2. The summed E-state index contributed by atoms with van der Waals surface area (Å²) in [7, 11) is 4.13. The number of likely N-dealkylation sites (N-methyl/N-ethyl adjacent to an activating group) is 2. The largest absolute Gasteiger partial charge is 0.392 e. The highest BCUT2D eigenvalue weighted by atomic mass is 16.5. The van der Waals surface area contributed by atoms with Crippen molar-refractivity contribution in [2.24, 2.45) is 0 Å². The maximum absolute atomic E-state index is 9.21. The summed E-state index contributed by atoms with van der Waals surface area (Å²) in [6, 6.07) is 0. The van der Waals surface area contributed by atoms with Crippen LogP contribution in [0.3, 0.4) is 0 Å². The Morgan fingerprint density at radius 3 is 2.93 bits per heavy atom. The van der Waals surface area contributed by atoms with E-state index < -0.39 is 0 Å². The normalized spacial score (nSPS) is 26.8. The van der Waals surface area contributed by atoms with Crippen molar-refractivity contribution in [2.75, 3.05) is 46.9 Å². The lowest BCUT2D eigenvalue weighted by Gasteiger charge is -2.32. The molecule has 0 aromatic carbocycles. The van der Waals surface area contributed by atoms with Gasteiger partial charge in [0.25, 0.3) is 0 Å². The van der Waals surface area contributed by atoms with Crippen molar-refractivity contribution in [1.82, 2.24) is 9.80 Å². The van der Waals surface area contributed by atoms with Crippen molar-refractivity contribution in [2.45, 2.75) is 19.1 Å². The Morgan fingerprint density at radius 1 is 1.64 bits per heavy atom. The second-order valence-electron chi connectivity index (χ2n) is 4.33. The van der Waals surface area contributed by atoms with Gasteiger partial charge in [-0.25, -0.2) is 0 Å². The quantitative estimate of drug-likeness (QED) is 0.675. The molecule has 1 fully saturated rings. The SMILES string of the molecule is CC(O)CN(C)CC1CN(C)CCO1. The van der Waals surface area contributed by atoms with Crippen molar-refractivity contribution in [3.8, 4) is 0 Å². The molecule has 1 saturated heterocycles. The molecule has 0 radical (unpaired) electrons. The van der Waals surface area contributed by atoms with E-state index in [0.717, 1.165) is 26.2 Å². The van der Waals surface area contributed by atoms with Gasteiger partial charge < -0.3 is 19.6 Å². The van der Waals surface area contributed by atoms with E-state index >= 15 is 0 Å². The van der Waals surface area contributed by atoms with Crippen molar-refractivity contribution >= 4 is 0 Å². The lowest BCUT2D eigenvalue weighted by Crippen LogP contribution is -2.46. The molecular formula is C10H22N2O2. The van der Waals surface area contributed by atoms with Gasteiger partial charge in [0, 0.05) is 26.2 Å². The van der Waals surface area contributed by atoms with Gasteiger partial charge >= 0.3 is 0 Å². The van der Waals surface area contributed by atoms with Crippen LogP contribution in [0.5, 0.6) is 0 Å². The van der Waals surface area contributed by atoms with E-state index in [2.05, 4.69) is 16.8 Å². The van der Waals surface area contributed by atoms with Crippen molar-refractivity contribution in [3.63, 3.8) is 0 Å². The standard InChI is InChI=1S/C10H22N2O2/c1-9(13)6-12(3)8-10-7-11(2)4-5-14-10/h9-10,13H,4-8H2,1-3H3. The monoisotopic (exact) mass is 202 g/mol. The Labute approximate surface area is 86.4 Å². The molecule has 2 unspecified atom stereocenters. The van der Waals surface area contributed by atoms with E-state index in [4.69, 9.17) is 4.74 Å². The number of morpholine rings is 1. The lowest BCUT2D eigenvalue weighted by atomic mass is 10.2. The van der Waals surface area contributed by atoms with Crippen LogP contribution in [0, 0.1) is 0 Å². The number of aliphatic hydroxyl groups is 1. The predicted molar refractivity (Wildman–Crippen MR) is 56.4 cm³/mol. The highest BCUT2D eigenvalue weighted by Crippen LogP contribution is 2.04. The molecule has 0 aromatic heterocycles. The van der Waals surface area contributed by atoms with Gasteiger partial charge in [-0.15, -0.1) is 0 Å². The average Bonchev–Trinajstić information content (AvgIpc) is 2.01. The second-order valence-corrected chi connectivity index (χ2v) is 4.33. The molecule has 1 heterocycles. The fourth-order valence-electron chi connectivity index (χ4n) is 1.85. The van der Waals surface area contributed by atoms with Crippen LogP contribution in [0.15, 0.2) is 0 Å². The maximum Gasteiger partial charge on any atom is 0.0829 e. The van der Waals surface area contributed by atoms with Crippen molar-refractivity contribution in [3.05, 3.63) is 0 Å². The highest BCUT2D eigenvalue weighted by Gasteiger charge is 2.19. The molecule has 1 aliphatic rings. The van der Waals surface area contributed by atoms with Gasteiger partial charge in [-0.2, -0.15) is 0 Å². The Kier molecular flexibility index (Phi) is 4.81. The molecule has 0 amide bonds. The minimum absolute atomic E-state index is 0.263. The number of rotatable bonds is 4. The second kappa shape index (κ2) is 5.66. The van der Waals surface area contributed by atoms with Crippen molar-refractivity contribution in [1.29, 1.82) is 0 Å². The summed E-state index contributed by atoms with van der Waals surface area (Å²) in [6.07, 6.45) is 0.0267. The van der Waals surface area contributed by atoms with Gasteiger partial charge in [0.2, 0.25) is 0 Å². The molecule has 0 aromatic rings. The molecule has 0 spiro atoms. The molecule has 0 bridgehead atoms. The number of aliphatic hydroxyl groups excluding tert-OH is 1. The summed E-state index contributed by atoms with van der Waals surface area (Å²) >= 11 is 0. The van der Waals surface area contributed by atoms with Gasteiger partial charge in [-0.05, 0) is 21.0 Å². The first kappa shape index (κ1) is 11.9. The molecule has 1 aliphatic heterocycles. The Balaban J connectivity index is 2.21. The molecule has 14 heavy (non-hydrogen) atoms. The summed E-state index contributed by atoms with van der Waals surface area (Å²) < 4.78 is 5.64. The van der Waals surface area contributed by atoms with Crippen LogP contribution in [-0.2, 0) is 4.74 Å². The van der Waals surface area contributed by atoms with Crippen LogP contribution in [0.2, 0.25) is 0 Å². The summed E-state index contributed by atoms with van der Waals surface area (Å²) in [4.78, 5) is 4.40. The summed E-state index contributed by atoms with van der Waals surface area (Å²) in [5, 5.41) is 9.21. The van der Waals surface area contributed by atoms with Crippen molar-refractivity contribution < 1.29 is 9.84 Å². The molecular weight excluding hydrogens is 180 g/mol. The molecule has 1 rings (SSSR count). The van der Waals surface area contributed by atoms with Crippen LogP contribution in [-0.4, -0.2) is 74.0 Å². The van der Waals surface area contributed by atoms with E-state index in [1.54, 1.807) is 0 Å². The van der Waals surface area contributed by atoms with Gasteiger partial charge in [-0.3, -0.25) is 0 Å². The van der Waals surface area contributed by atoms with Crippen LogP contribution < -0.4 is 0 Å². The topological polar surface area (TPSA) is 35.9 Å². The summed E-state index contributed by atoms with van der Waals surface area (Å²) in [6.45, 7) is 6.26. The first-order valence-electron chi connectivity index (χ1n) is 5.24. The molecule has 0 aliphatic carbocycles. The molecule has 2 atom stereocenters. The van der Waals surface area contributed by atoms with E-state index in [0.29, 0.717) is 6.54 Å². The number of hydrogen-bond donors (Lipinski definition) is 1. The molecule has 4 nitrogen and oxygen atoms in total. The molecule has 84 valence electrons. The Morgan fingerprint density at radius 2 is 2.36 bits per heavy atom. The van der Waals surface area contributed by atoms with Crippen LogP contribution in [0.25, 0.3) is 0 Å². The summed E-state index contributed by atoms with van der Waals surface area (Å²) in [5.74, 6) is 0. The number of ether oxygens (including phenoxy) is 1. The summed E-state index contributed by atoms with van der Waals surface area (Å²) in [5.41, 5.74) is 0. The molecule has 0 saturated carbocycles. The van der Waals surface area contributed by atoms with Crippen LogP contribution >= 0.6 is 0 Å². The van der Waals surface area contributed by atoms with E-state index in [1.807, 2.05) is 14.0 Å². The fraction of sp³-hybridized carbons (Fsp3) is 1.00. The lowest BCUT2D eigenvalue weighted by molar-refractivity contribution is -0.0358. The average molecular weight is 202 g/mol. The minimum atomic E-state index is -0.263. The third-order valence-electron chi connectivity index (χ3n) is 2.43. The predicted octanol–water partition coefficient (Wildman–Crippen LogP) is -0.370. The van der Waals surface area contributed by atoms with E-state index in [1.165, 1.54) is 0 Å². The minimum Gasteiger partial charge on any atom is -0.392 e. The molecule has 4 heteroatoms. The highest BCUT2D eigenvalue weighted by molar-refractivity contribution is 4.72. The zero-order valence-corrected chi connectivity index (χ0v) is 9.44. The van der Waals surface area contributed by atoms with Crippen LogP contribution in [0.4, 0.5) is 0 Å². The van der Waals surface area contributed by atoms with Crippen LogP contribution in [0.1, 0.15) is 6.92 Å². The van der Waals surface area contributed by atoms with E-state index in [9.17, 15) is 5.11 Å². The fourth-order valence-corrected chi connectivity index (χ4v) is 1.85. The van der Waals surface area contributed by atoms with Gasteiger partial charge in [0.1, 0.15) is 0 Å². The zero-order valence-electron chi connectivity index (χ0n) is 9.44. The Bertz CT molecular complexity index is 164. The zero-order chi connectivity index (χ0) is 10.6.